The maximum atomic E-state index is 13.3. The minimum absolute atomic E-state index is 0.0165. The topological polar surface area (TPSA) is 67.9 Å². The van der Waals surface area contributed by atoms with Gasteiger partial charge in [0, 0.05) is 29.1 Å². The van der Waals surface area contributed by atoms with Gasteiger partial charge >= 0.3 is 0 Å². The number of hydrogen-bond donors (Lipinski definition) is 1. The quantitative estimate of drug-likeness (QED) is 0.461. The number of nitrogens with one attached hydrogen (secondary N) is 1. The average molecular weight is 495 g/mol. The van der Waals surface area contributed by atoms with Gasteiger partial charge in [0.1, 0.15) is 6.04 Å². The first-order valence-corrected chi connectivity index (χ1v) is 11.7. The lowest BCUT2D eigenvalue weighted by atomic mass is 10.1. The first-order valence-electron chi connectivity index (χ1n) is 10.9. The number of hydrogen-bond acceptors (Lipinski definition) is 4. The number of rotatable bonds is 11. The van der Waals surface area contributed by atoms with E-state index in [1.165, 1.54) is 0 Å². The first-order chi connectivity index (χ1) is 15.7. The van der Waals surface area contributed by atoms with Crippen molar-refractivity contribution in [2.45, 2.75) is 58.7 Å². The Bertz CT molecular complexity index is 967. The van der Waals surface area contributed by atoms with Crippen LogP contribution in [0.15, 0.2) is 36.4 Å². The number of methoxy groups -OCH3 is 2. The highest BCUT2D eigenvalue weighted by atomic mass is 35.5. The Labute approximate surface area is 206 Å². The highest BCUT2D eigenvalue weighted by molar-refractivity contribution is 6.35. The van der Waals surface area contributed by atoms with Crippen LogP contribution in [0.5, 0.6) is 11.5 Å². The Balaban J connectivity index is 2.22. The Morgan fingerprint density at radius 2 is 1.73 bits per heavy atom. The Hall–Kier alpha value is -2.44. The van der Waals surface area contributed by atoms with Crippen LogP contribution in [0.3, 0.4) is 0 Å². The SMILES string of the molecule is CC[C@@H](C)NC(=O)[C@@H](C)N(Cc1ccc(Cl)cc1Cl)C(=O)CCc1ccc(OC)c(OC)c1. The van der Waals surface area contributed by atoms with Gasteiger partial charge in [-0.05, 0) is 62.1 Å². The van der Waals surface area contributed by atoms with E-state index in [9.17, 15) is 9.59 Å². The van der Waals surface area contributed by atoms with E-state index in [1.807, 2.05) is 32.0 Å². The van der Waals surface area contributed by atoms with Crippen molar-refractivity contribution < 1.29 is 19.1 Å². The molecule has 2 amide bonds. The highest BCUT2D eigenvalue weighted by Crippen LogP contribution is 2.28. The maximum Gasteiger partial charge on any atom is 0.242 e. The molecule has 8 heteroatoms. The third-order valence-corrected chi connectivity index (χ3v) is 6.19. The van der Waals surface area contributed by atoms with Gasteiger partial charge in [0.25, 0.3) is 0 Å². The van der Waals surface area contributed by atoms with Gasteiger partial charge in [0.2, 0.25) is 11.8 Å². The fourth-order valence-electron chi connectivity index (χ4n) is 3.31. The van der Waals surface area contributed by atoms with Crippen LogP contribution in [-0.4, -0.2) is 43.0 Å². The molecule has 0 saturated carbocycles. The number of carbonyl (C=O) groups is 2. The second kappa shape index (κ2) is 12.7. The standard InChI is InChI=1S/C25H32Cl2N2O4/c1-6-16(2)28-25(31)17(3)29(15-19-9-10-20(26)14-21(19)27)24(30)12-8-18-7-11-22(32-4)23(13-18)33-5/h7,9-11,13-14,16-17H,6,8,12,15H2,1-5H3,(H,28,31)/t16-,17-/m1/s1. The number of amides is 2. The van der Waals surface area contributed by atoms with Crippen molar-refractivity contribution in [2.75, 3.05) is 14.2 Å². The molecule has 0 heterocycles. The summed E-state index contributed by atoms with van der Waals surface area (Å²) in [6.45, 7) is 5.87. The van der Waals surface area contributed by atoms with Gasteiger partial charge in [-0.25, -0.2) is 0 Å². The van der Waals surface area contributed by atoms with E-state index in [0.29, 0.717) is 28.0 Å². The van der Waals surface area contributed by atoms with E-state index in [2.05, 4.69) is 5.32 Å². The predicted molar refractivity (Wildman–Crippen MR) is 132 cm³/mol. The van der Waals surface area contributed by atoms with Gasteiger partial charge in [-0.15, -0.1) is 0 Å². The molecule has 0 aliphatic heterocycles. The van der Waals surface area contributed by atoms with Crippen LogP contribution < -0.4 is 14.8 Å². The summed E-state index contributed by atoms with van der Waals surface area (Å²) in [7, 11) is 3.15. The number of aryl methyl sites for hydroxylation is 1. The molecule has 1 N–H and O–H groups in total. The van der Waals surface area contributed by atoms with Crippen LogP contribution in [-0.2, 0) is 22.6 Å². The largest absolute Gasteiger partial charge is 0.493 e. The molecule has 0 aliphatic rings. The summed E-state index contributed by atoms with van der Waals surface area (Å²) in [5, 5.41) is 3.92. The van der Waals surface area contributed by atoms with Gasteiger partial charge in [0.05, 0.1) is 14.2 Å². The number of nitrogens with zero attached hydrogens (tertiary/aromatic N) is 1. The molecular weight excluding hydrogens is 463 g/mol. The van der Waals surface area contributed by atoms with Gasteiger partial charge in [0.15, 0.2) is 11.5 Å². The normalized spacial score (nSPS) is 12.6. The molecule has 0 radical (unpaired) electrons. The van der Waals surface area contributed by atoms with E-state index < -0.39 is 6.04 Å². The number of ether oxygens (including phenoxy) is 2. The molecule has 180 valence electrons. The summed E-state index contributed by atoms with van der Waals surface area (Å²) < 4.78 is 10.6. The van der Waals surface area contributed by atoms with Gasteiger partial charge in [-0.3, -0.25) is 9.59 Å². The summed E-state index contributed by atoms with van der Waals surface area (Å²) >= 11 is 12.4. The number of carbonyl (C=O) groups excluding carboxylic acids is 2. The van der Waals surface area contributed by atoms with Gasteiger partial charge < -0.3 is 19.7 Å². The predicted octanol–water partition coefficient (Wildman–Crippen LogP) is 5.28. The Morgan fingerprint density at radius 3 is 2.33 bits per heavy atom. The van der Waals surface area contributed by atoms with E-state index in [4.69, 9.17) is 32.7 Å². The molecule has 6 nitrogen and oxygen atoms in total. The zero-order valence-corrected chi connectivity index (χ0v) is 21.3. The zero-order valence-electron chi connectivity index (χ0n) is 19.8. The van der Waals surface area contributed by atoms with Crippen molar-refractivity contribution in [2.24, 2.45) is 0 Å². The van der Waals surface area contributed by atoms with Crippen molar-refractivity contribution >= 4 is 35.0 Å². The highest BCUT2D eigenvalue weighted by Gasteiger charge is 2.27. The molecule has 2 aromatic carbocycles. The lowest BCUT2D eigenvalue weighted by molar-refractivity contribution is -0.140. The molecule has 2 aromatic rings. The molecular formula is C25H32Cl2N2O4. The third kappa shape index (κ3) is 7.54. The molecule has 2 atom stereocenters. The van der Waals surface area contributed by atoms with Crippen molar-refractivity contribution in [3.8, 4) is 11.5 Å². The van der Waals surface area contributed by atoms with E-state index in [1.54, 1.807) is 44.2 Å². The molecule has 0 spiro atoms. The zero-order chi connectivity index (χ0) is 24.5. The fourth-order valence-corrected chi connectivity index (χ4v) is 3.78. The van der Waals surface area contributed by atoms with E-state index in [0.717, 1.165) is 17.5 Å². The molecule has 0 saturated heterocycles. The van der Waals surface area contributed by atoms with Crippen molar-refractivity contribution in [3.05, 3.63) is 57.6 Å². The van der Waals surface area contributed by atoms with Gasteiger partial charge in [-0.2, -0.15) is 0 Å². The van der Waals surface area contributed by atoms with E-state index in [-0.39, 0.29) is 30.8 Å². The average Bonchev–Trinajstić information content (AvgIpc) is 2.81. The van der Waals surface area contributed by atoms with Crippen LogP contribution in [0.4, 0.5) is 0 Å². The van der Waals surface area contributed by atoms with Crippen LogP contribution >= 0.6 is 23.2 Å². The minimum atomic E-state index is -0.663. The Kier molecular flexibility index (Phi) is 10.3. The molecule has 0 aliphatic carbocycles. The second-order valence-corrected chi connectivity index (χ2v) is 8.78. The summed E-state index contributed by atoms with van der Waals surface area (Å²) in [4.78, 5) is 27.7. The summed E-state index contributed by atoms with van der Waals surface area (Å²) in [5.41, 5.74) is 1.66. The Morgan fingerprint density at radius 1 is 1.03 bits per heavy atom. The smallest absolute Gasteiger partial charge is 0.242 e. The first kappa shape index (κ1) is 26.8. The molecule has 33 heavy (non-hydrogen) atoms. The van der Waals surface area contributed by atoms with Crippen molar-refractivity contribution in [1.29, 1.82) is 0 Å². The summed E-state index contributed by atoms with van der Waals surface area (Å²) in [5.74, 6) is 0.881. The molecule has 0 aromatic heterocycles. The van der Waals surface area contributed by atoms with Crippen molar-refractivity contribution in [1.82, 2.24) is 10.2 Å². The number of halogens is 2. The second-order valence-electron chi connectivity index (χ2n) is 7.94. The summed E-state index contributed by atoms with van der Waals surface area (Å²) in [6, 6.07) is 10.0. The molecule has 2 rings (SSSR count). The molecule has 0 unspecified atom stereocenters. The monoisotopic (exact) mass is 494 g/mol. The lowest BCUT2D eigenvalue weighted by Crippen LogP contribution is -2.49. The maximum absolute atomic E-state index is 13.3. The fraction of sp³-hybridized carbons (Fsp3) is 0.440. The minimum Gasteiger partial charge on any atom is -0.493 e. The third-order valence-electron chi connectivity index (χ3n) is 5.60. The van der Waals surface area contributed by atoms with Crippen LogP contribution in [0.1, 0.15) is 44.7 Å². The molecule has 0 bridgehead atoms. The van der Waals surface area contributed by atoms with Gasteiger partial charge in [-0.1, -0.05) is 42.3 Å². The van der Waals surface area contributed by atoms with Crippen LogP contribution in [0, 0.1) is 0 Å². The summed E-state index contributed by atoms with van der Waals surface area (Å²) in [6.07, 6.45) is 1.51. The van der Waals surface area contributed by atoms with Crippen LogP contribution in [0.25, 0.3) is 0 Å². The molecule has 0 fully saturated rings. The van der Waals surface area contributed by atoms with Crippen molar-refractivity contribution in [3.63, 3.8) is 0 Å². The number of benzene rings is 2. The lowest BCUT2D eigenvalue weighted by Gasteiger charge is -2.30. The van der Waals surface area contributed by atoms with E-state index >= 15 is 0 Å². The van der Waals surface area contributed by atoms with Crippen LogP contribution in [0.2, 0.25) is 10.0 Å².